The van der Waals surface area contributed by atoms with Gasteiger partial charge >= 0.3 is 5.97 Å². The van der Waals surface area contributed by atoms with Gasteiger partial charge in [0.2, 0.25) is 0 Å². The van der Waals surface area contributed by atoms with E-state index in [9.17, 15) is 4.79 Å². The summed E-state index contributed by atoms with van der Waals surface area (Å²) in [4.78, 5) is 15.9. The maximum absolute atomic E-state index is 11.4. The molecule has 96 valence electrons. The monoisotopic (exact) mass is 281 g/mol. The lowest BCUT2D eigenvalue weighted by Gasteiger charge is -2.06. The van der Waals surface area contributed by atoms with Crippen molar-refractivity contribution in [2.75, 3.05) is 5.75 Å². The van der Waals surface area contributed by atoms with E-state index in [2.05, 4.69) is 11.1 Å². The Morgan fingerprint density at radius 3 is 2.94 bits per heavy atom. The van der Waals surface area contributed by atoms with Crippen LogP contribution in [-0.2, 0) is 15.3 Å². The van der Waals surface area contributed by atoms with Crippen molar-refractivity contribution in [3.05, 3.63) is 29.3 Å². The molecule has 0 bridgehead atoms. The number of carbonyl (C=O) groups is 1. The fourth-order valence-corrected chi connectivity index (χ4v) is 3.32. The van der Waals surface area contributed by atoms with Crippen LogP contribution in [0.5, 0.6) is 0 Å². The number of esters is 1. The van der Waals surface area contributed by atoms with Gasteiger partial charge in [-0.15, -0.1) is 23.1 Å². The fraction of sp³-hybridized carbons (Fsp3) is 0.385. The molecule has 5 heteroatoms. The minimum atomic E-state index is -0.156. The van der Waals surface area contributed by atoms with E-state index in [0.29, 0.717) is 5.75 Å². The highest BCUT2D eigenvalue weighted by Crippen LogP contribution is 2.24. The number of thiazole rings is 1. The summed E-state index contributed by atoms with van der Waals surface area (Å²) in [7, 11) is 0. The summed E-state index contributed by atoms with van der Waals surface area (Å²) in [5.74, 6) is 0.983. The lowest BCUT2D eigenvalue weighted by molar-refractivity contribution is -0.144. The van der Waals surface area contributed by atoms with Crippen LogP contribution < -0.4 is 0 Å². The first-order chi connectivity index (χ1) is 8.65. The molecule has 3 nitrogen and oxygen atoms in total. The molecule has 1 heterocycles. The highest BCUT2D eigenvalue weighted by atomic mass is 32.2. The molecule has 0 N–H and O–H groups in total. The Hall–Kier alpha value is -1.07. The van der Waals surface area contributed by atoms with Crippen LogP contribution in [0.4, 0.5) is 0 Å². The van der Waals surface area contributed by atoms with Crippen LogP contribution in [0.2, 0.25) is 0 Å². The number of aromatic nitrogens is 1. The van der Waals surface area contributed by atoms with Gasteiger partial charge in [-0.3, -0.25) is 4.79 Å². The first-order valence-corrected chi connectivity index (χ1v) is 7.74. The molecule has 0 aliphatic carbocycles. The number of rotatable bonds is 5. The molecule has 0 amide bonds. The molecule has 2 rings (SSSR count). The summed E-state index contributed by atoms with van der Waals surface area (Å²) >= 11 is 3.22. The molecule has 1 aromatic heterocycles. The van der Waals surface area contributed by atoms with Crippen molar-refractivity contribution < 1.29 is 9.53 Å². The molecule has 0 radical (unpaired) electrons. The average molecular weight is 281 g/mol. The summed E-state index contributed by atoms with van der Waals surface area (Å²) in [6.07, 6.45) is -0.0412. The second kappa shape index (κ2) is 6.20. The summed E-state index contributed by atoms with van der Waals surface area (Å²) in [5.41, 5.74) is 1.03. The van der Waals surface area contributed by atoms with Crippen molar-refractivity contribution in [1.82, 2.24) is 4.98 Å². The predicted molar refractivity (Wildman–Crippen MR) is 77.0 cm³/mol. The summed E-state index contributed by atoms with van der Waals surface area (Å²) in [6.45, 7) is 3.71. The van der Waals surface area contributed by atoms with E-state index < -0.39 is 0 Å². The van der Waals surface area contributed by atoms with Gasteiger partial charge in [0.05, 0.1) is 22.1 Å². The number of para-hydroxylation sites is 1. The van der Waals surface area contributed by atoms with Crippen molar-refractivity contribution in [3.8, 4) is 0 Å². The number of carbonyl (C=O) groups excluding carboxylic acids is 1. The van der Waals surface area contributed by atoms with E-state index in [1.165, 1.54) is 4.70 Å². The molecule has 0 spiro atoms. The van der Waals surface area contributed by atoms with Gasteiger partial charge in [-0.2, -0.15) is 0 Å². The van der Waals surface area contributed by atoms with E-state index >= 15 is 0 Å². The van der Waals surface area contributed by atoms with Gasteiger partial charge in [-0.05, 0) is 26.0 Å². The number of hydrogen-bond acceptors (Lipinski definition) is 5. The zero-order valence-electron chi connectivity index (χ0n) is 10.4. The predicted octanol–water partition coefficient (Wildman–Crippen LogP) is 3.48. The third-order valence-corrected chi connectivity index (χ3v) is 4.29. The Morgan fingerprint density at radius 2 is 2.22 bits per heavy atom. The molecule has 0 saturated carbocycles. The van der Waals surface area contributed by atoms with E-state index in [1.807, 2.05) is 32.0 Å². The van der Waals surface area contributed by atoms with Crippen molar-refractivity contribution in [1.29, 1.82) is 0 Å². The van der Waals surface area contributed by atoms with Crippen LogP contribution in [0.25, 0.3) is 10.2 Å². The molecule has 0 unspecified atom stereocenters. The minimum Gasteiger partial charge on any atom is -0.462 e. The topological polar surface area (TPSA) is 39.2 Å². The van der Waals surface area contributed by atoms with Crippen LogP contribution in [-0.4, -0.2) is 22.8 Å². The van der Waals surface area contributed by atoms with Crippen molar-refractivity contribution in [2.45, 2.75) is 25.7 Å². The standard InChI is InChI=1S/C13H15NO2S2/c1-9(2)16-13(15)8-17-7-12-14-10-5-3-4-6-11(10)18-12/h3-6,9H,7-8H2,1-2H3. The molecule has 1 aromatic carbocycles. The molecular weight excluding hydrogens is 266 g/mol. The van der Waals surface area contributed by atoms with Gasteiger partial charge < -0.3 is 4.74 Å². The fourth-order valence-electron chi connectivity index (χ4n) is 1.50. The summed E-state index contributed by atoms with van der Waals surface area (Å²) in [5, 5.41) is 1.05. The lowest BCUT2D eigenvalue weighted by atomic mass is 10.3. The number of hydrogen-bond donors (Lipinski definition) is 0. The Kier molecular flexibility index (Phi) is 4.60. The number of fused-ring (bicyclic) bond motifs is 1. The van der Waals surface area contributed by atoms with Gasteiger partial charge in [0, 0.05) is 5.75 Å². The molecule has 2 aromatic rings. The highest BCUT2D eigenvalue weighted by molar-refractivity contribution is 7.99. The summed E-state index contributed by atoms with van der Waals surface area (Å²) in [6, 6.07) is 8.07. The molecule has 0 atom stereocenters. The zero-order chi connectivity index (χ0) is 13.0. The number of benzene rings is 1. The Morgan fingerprint density at radius 1 is 1.44 bits per heavy atom. The number of thioether (sulfide) groups is 1. The molecule has 0 aliphatic rings. The maximum atomic E-state index is 11.4. The molecule has 18 heavy (non-hydrogen) atoms. The first kappa shape index (κ1) is 13.4. The third kappa shape index (κ3) is 3.71. The second-order valence-corrected chi connectivity index (χ2v) is 6.21. The smallest absolute Gasteiger partial charge is 0.316 e. The van der Waals surface area contributed by atoms with Gasteiger partial charge in [0.15, 0.2) is 0 Å². The first-order valence-electron chi connectivity index (χ1n) is 5.77. The summed E-state index contributed by atoms with van der Waals surface area (Å²) < 4.78 is 6.26. The van der Waals surface area contributed by atoms with Gasteiger partial charge in [-0.1, -0.05) is 12.1 Å². The molecular formula is C13H15NO2S2. The van der Waals surface area contributed by atoms with E-state index in [-0.39, 0.29) is 12.1 Å². The van der Waals surface area contributed by atoms with Crippen molar-refractivity contribution in [2.24, 2.45) is 0 Å². The molecule has 0 fully saturated rings. The lowest BCUT2D eigenvalue weighted by Crippen LogP contribution is -2.13. The van der Waals surface area contributed by atoms with Crippen LogP contribution >= 0.6 is 23.1 Å². The van der Waals surface area contributed by atoms with Crippen molar-refractivity contribution >= 4 is 39.3 Å². The quantitative estimate of drug-likeness (QED) is 0.787. The highest BCUT2D eigenvalue weighted by Gasteiger charge is 2.07. The Balaban J connectivity index is 1.85. The second-order valence-electron chi connectivity index (χ2n) is 4.11. The Labute approximate surface area is 115 Å². The third-order valence-electron chi connectivity index (χ3n) is 2.15. The molecule has 0 aliphatic heterocycles. The van der Waals surface area contributed by atoms with E-state index in [1.54, 1.807) is 23.1 Å². The zero-order valence-corrected chi connectivity index (χ0v) is 12.0. The SMILES string of the molecule is CC(C)OC(=O)CSCc1nc2ccccc2s1. The van der Waals surface area contributed by atoms with E-state index in [4.69, 9.17) is 4.74 Å². The van der Waals surface area contributed by atoms with Crippen molar-refractivity contribution in [3.63, 3.8) is 0 Å². The van der Waals surface area contributed by atoms with Gasteiger partial charge in [0.25, 0.3) is 0 Å². The van der Waals surface area contributed by atoms with Crippen LogP contribution in [0, 0.1) is 0 Å². The van der Waals surface area contributed by atoms with Crippen LogP contribution in [0.15, 0.2) is 24.3 Å². The largest absolute Gasteiger partial charge is 0.462 e. The van der Waals surface area contributed by atoms with E-state index in [0.717, 1.165) is 16.3 Å². The Bertz CT molecular complexity index is 504. The normalized spacial score (nSPS) is 11.1. The minimum absolute atomic E-state index is 0.0412. The van der Waals surface area contributed by atoms with Crippen LogP contribution in [0.1, 0.15) is 18.9 Å². The van der Waals surface area contributed by atoms with Crippen LogP contribution in [0.3, 0.4) is 0 Å². The number of ether oxygens (including phenoxy) is 1. The maximum Gasteiger partial charge on any atom is 0.316 e. The van der Waals surface area contributed by atoms with Gasteiger partial charge in [0.1, 0.15) is 5.01 Å². The molecule has 0 saturated heterocycles. The number of nitrogens with zero attached hydrogens (tertiary/aromatic N) is 1. The van der Waals surface area contributed by atoms with Gasteiger partial charge in [-0.25, -0.2) is 4.98 Å². The average Bonchev–Trinajstić information content (AvgIpc) is 2.70.